The van der Waals surface area contributed by atoms with Gasteiger partial charge in [0.25, 0.3) is 5.91 Å². The summed E-state index contributed by atoms with van der Waals surface area (Å²) in [6.07, 6.45) is 3.28. The standard InChI is InChI=1S/C24H28FN5O3/c1-24(2,3)33-23(32)28-13-7-15-30(4)19-11-14-27-20-16(19)8-5-10-18(20)29-22(31)21-17(25)9-6-12-26-21/h5-6,8-12,14H,7,13,15H2,1-4H3,(H,28,32)(H,29,31). The van der Waals surface area contributed by atoms with Crippen LogP contribution in [0.15, 0.2) is 48.8 Å². The number of pyridine rings is 2. The Morgan fingerprint density at radius 2 is 1.88 bits per heavy atom. The maximum atomic E-state index is 13.9. The topological polar surface area (TPSA) is 96.5 Å². The Kier molecular flexibility index (Phi) is 7.42. The van der Waals surface area contributed by atoms with E-state index in [9.17, 15) is 14.0 Å². The van der Waals surface area contributed by atoms with E-state index in [1.165, 1.54) is 18.3 Å². The van der Waals surface area contributed by atoms with Crippen molar-refractivity contribution in [3.63, 3.8) is 0 Å². The van der Waals surface area contributed by atoms with E-state index in [-0.39, 0.29) is 5.69 Å². The van der Waals surface area contributed by atoms with Crippen molar-refractivity contribution in [1.82, 2.24) is 15.3 Å². The van der Waals surface area contributed by atoms with Gasteiger partial charge in [0.05, 0.1) is 11.2 Å². The Balaban J connectivity index is 1.69. The van der Waals surface area contributed by atoms with Gasteiger partial charge in [-0.2, -0.15) is 0 Å². The summed E-state index contributed by atoms with van der Waals surface area (Å²) in [5.74, 6) is -1.34. The number of nitrogens with zero attached hydrogens (tertiary/aromatic N) is 3. The molecule has 9 heteroatoms. The highest BCUT2D eigenvalue weighted by Gasteiger charge is 2.17. The summed E-state index contributed by atoms with van der Waals surface area (Å²) in [6.45, 7) is 6.60. The van der Waals surface area contributed by atoms with Gasteiger partial charge in [0.15, 0.2) is 11.5 Å². The van der Waals surface area contributed by atoms with Gasteiger partial charge in [0.1, 0.15) is 5.60 Å². The van der Waals surface area contributed by atoms with Gasteiger partial charge in [0.2, 0.25) is 0 Å². The lowest BCUT2D eigenvalue weighted by Crippen LogP contribution is -2.34. The molecule has 3 rings (SSSR count). The fourth-order valence-corrected chi connectivity index (χ4v) is 3.27. The van der Waals surface area contributed by atoms with E-state index >= 15 is 0 Å². The van der Waals surface area contributed by atoms with Gasteiger partial charge in [-0.1, -0.05) is 12.1 Å². The van der Waals surface area contributed by atoms with Gasteiger partial charge in [-0.3, -0.25) is 9.78 Å². The number of carbonyl (C=O) groups excluding carboxylic acids is 2. The van der Waals surface area contributed by atoms with Gasteiger partial charge in [-0.05, 0) is 51.5 Å². The second kappa shape index (κ2) is 10.2. The molecule has 0 unspecified atom stereocenters. The molecule has 0 aliphatic rings. The number of halogens is 1. The molecule has 0 bridgehead atoms. The number of rotatable bonds is 7. The lowest BCUT2D eigenvalue weighted by molar-refractivity contribution is 0.0527. The molecule has 33 heavy (non-hydrogen) atoms. The van der Waals surface area contributed by atoms with E-state index in [0.717, 1.165) is 11.1 Å². The van der Waals surface area contributed by atoms with Crippen molar-refractivity contribution in [1.29, 1.82) is 0 Å². The van der Waals surface area contributed by atoms with Gasteiger partial charge in [0, 0.05) is 43.6 Å². The molecule has 0 atom stereocenters. The van der Waals surface area contributed by atoms with E-state index in [2.05, 4.69) is 20.6 Å². The highest BCUT2D eigenvalue weighted by atomic mass is 19.1. The van der Waals surface area contributed by atoms with Gasteiger partial charge >= 0.3 is 6.09 Å². The molecule has 0 aliphatic carbocycles. The first-order chi connectivity index (χ1) is 15.7. The number of anilines is 2. The van der Waals surface area contributed by atoms with Crippen LogP contribution in [0.25, 0.3) is 10.9 Å². The molecular weight excluding hydrogens is 425 g/mol. The van der Waals surface area contributed by atoms with E-state index < -0.39 is 23.4 Å². The number of fused-ring (bicyclic) bond motifs is 1. The maximum absolute atomic E-state index is 13.9. The van der Waals surface area contributed by atoms with Crippen LogP contribution in [0.4, 0.5) is 20.6 Å². The largest absolute Gasteiger partial charge is 0.444 e. The van der Waals surface area contributed by atoms with Gasteiger partial charge in [-0.15, -0.1) is 0 Å². The third-order valence-electron chi connectivity index (χ3n) is 4.72. The number of ether oxygens (including phenoxy) is 1. The summed E-state index contributed by atoms with van der Waals surface area (Å²) < 4.78 is 19.2. The Bertz CT molecular complexity index is 1150. The first-order valence-electron chi connectivity index (χ1n) is 10.6. The molecule has 2 heterocycles. The van der Waals surface area contributed by atoms with Crippen LogP contribution in [0.5, 0.6) is 0 Å². The number of hydrogen-bond acceptors (Lipinski definition) is 6. The molecule has 2 N–H and O–H groups in total. The number of nitrogens with one attached hydrogen (secondary N) is 2. The molecule has 0 saturated heterocycles. The molecule has 0 aliphatic heterocycles. The summed E-state index contributed by atoms with van der Waals surface area (Å²) >= 11 is 0. The number of alkyl carbamates (subject to hydrolysis) is 1. The lowest BCUT2D eigenvalue weighted by atomic mass is 10.1. The Morgan fingerprint density at radius 1 is 1.09 bits per heavy atom. The molecule has 1 aromatic carbocycles. The average molecular weight is 454 g/mol. The molecule has 2 aromatic heterocycles. The SMILES string of the molecule is CN(CCCNC(=O)OC(C)(C)C)c1ccnc2c(NC(=O)c3ncccc3F)cccc12. The van der Waals surface area contributed by atoms with Crippen LogP contribution >= 0.6 is 0 Å². The predicted molar refractivity (Wildman–Crippen MR) is 126 cm³/mol. The number of para-hydroxylation sites is 1. The van der Waals surface area contributed by atoms with Crippen LogP contribution in [0.3, 0.4) is 0 Å². The quantitative estimate of drug-likeness (QED) is 0.516. The minimum absolute atomic E-state index is 0.278. The Labute approximate surface area is 192 Å². The Morgan fingerprint density at radius 3 is 2.61 bits per heavy atom. The third kappa shape index (κ3) is 6.38. The smallest absolute Gasteiger partial charge is 0.407 e. The summed E-state index contributed by atoms with van der Waals surface area (Å²) in [7, 11) is 1.94. The van der Waals surface area contributed by atoms with Crippen molar-refractivity contribution >= 4 is 34.3 Å². The van der Waals surface area contributed by atoms with Gasteiger partial charge < -0.3 is 20.3 Å². The lowest BCUT2D eigenvalue weighted by Gasteiger charge is -2.22. The molecule has 8 nitrogen and oxygen atoms in total. The maximum Gasteiger partial charge on any atom is 0.407 e. The number of benzene rings is 1. The number of hydrogen-bond donors (Lipinski definition) is 2. The second-order valence-corrected chi connectivity index (χ2v) is 8.52. The number of amides is 2. The first kappa shape index (κ1) is 23.9. The zero-order chi connectivity index (χ0) is 24.0. The third-order valence-corrected chi connectivity index (χ3v) is 4.72. The van der Waals surface area contributed by atoms with Crippen LogP contribution in [-0.2, 0) is 4.74 Å². The predicted octanol–water partition coefficient (Wildman–Crippen LogP) is 4.37. The molecule has 0 fully saturated rings. The van der Waals surface area contributed by atoms with Crippen molar-refractivity contribution in [2.75, 3.05) is 30.4 Å². The minimum Gasteiger partial charge on any atom is -0.444 e. The minimum atomic E-state index is -0.691. The number of aromatic nitrogens is 2. The van der Waals surface area contributed by atoms with Crippen molar-refractivity contribution in [2.45, 2.75) is 32.8 Å². The van der Waals surface area contributed by atoms with E-state index in [0.29, 0.717) is 30.7 Å². The van der Waals surface area contributed by atoms with Crippen LogP contribution in [0.2, 0.25) is 0 Å². The van der Waals surface area contributed by atoms with Crippen LogP contribution < -0.4 is 15.5 Å². The van der Waals surface area contributed by atoms with Crippen molar-refractivity contribution in [2.24, 2.45) is 0 Å². The summed E-state index contributed by atoms with van der Waals surface area (Å²) in [4.78, 5) is 34.6. The highest BCUT2D eigenvalue weighted by Crippen LogP contribution is 2.29. The monoisotopic (exact) mass is 453 g/mol. The van der Waals surface area contributed by atoms with E-state index in [4.69, 9.17) is 4.74 Å². The summed E-state index contributed by atoms with van der Waals surface area (Å²) in [5, 5.41) is 6.29. The first-order valence-corrected chi connectivity index (χ1v) is 10.6. The van der Waals surface area contributed by atoms with Crippen LogP contribution in [0, 0.1) is 5.82 Å². The molecule has 0 spiro atoms. The molecule has 2 amide bonds. The van der Waals surface area contributed by atoms with Crippen LogP contribution in [-0.4, -0.2) is 47.7 Å². The van der Waals surface area contributed by atoms with E-state index in [1.54, 1.807) is 18.3 Å². The fraction of sp³-hybridized carbons (Fsp3) is 0.333. The highest BCUT2D eigenvalue weighted by molar-refractivity contribution is 6.09. The summed E-state index contributed by atoms with van der Waals surface area (Å²) in [6, 6.07) is 9.92. The second-order valence-electron chi connectivity index (χ2n) is 8.52. The molecule has 3 aromatic rings. The Hall–Kier alpha value is -3.75. The van der Waals surface area contributed by atoms with Gasteiger partial charge in [-0.25, -0.2) is 14.2 Å². The average Bonchev–Trinajstić information content (AvgIpc) is 2.75. The zero-order valence-corrected chi connectivity index (χ0v) is 19.2. The number of carbonyl (C=O) groups is 2. The molecule has 0 radical (unpaired) electrons. The van der Waals surface area contributed by atoms with Crippen molar-refractivity contribution < 1.29 is 18.7 Å². The molecule has 174 valence electrons. The molecule has 0 saturated carbocycles. The zero-order valence-electron chi connectivity index (χ0n) is 19.2. The normalized spacial score (nSPS) is 11.2. The van der Waals surface area contributed by atoms with Crippen LogP contribution in [0.1, 0.15) is 37.7 Å². The van der Waals surface area contributed by atoms with Crippen molar-refractivity contribution in [3.8, 4) is 0 Å². The van der Waals surface area contributed by atoms with Crippen molar-refractivity contribution in [3.05, 3.63) is 60.3 Å². The van der Waals surface area contributed by atoms with E-state index in [1.807, 2.05) is 44.9 Å². The summed E-state index contributed by atoms with van der Waals surface area (Å²) in [5.41, 5.74) is 1.15. The fourth-order valence-electron chi connectivity index (χ4n) is 3.27. The molecular formula is C24H28FN5O3.